The number of nitrogen functional groups attached to an aromatic ring is 1. The van der Waals surface area contributed by atoms with E-state index in [1.807, 2.05) is 31.4 Å². The van der Waals surface area contributed by atoms with Crippen LogP contribution in [0.25, 0.3) is 26.0 Å². The number of hydrogen-bond acceptors (Lipinski definition) is 9. The first-order valence-electron chi connectivity index (χ1n) is 12.7. The van der Waals surface area contributed by atoms with E-state index in [1.165, 1.54) is 6.33 Å². The summed E-state index contributed by atoms with van der Waals surface area (Å²) in [5.74, 6) is 1.26. The molecular formula is C27H35N7O3S. The summed E-state index contributed by atoms with van der Waals surface area (Å²) in [6.45, 7) is 11.3. The number of aromatic nitrogens is 3. The third-order valence-corrected chi connectivity index (χ3v) is 7.94. The minimum absolute atomic E-state index is 0.272. The number of anilines is 1. The van der Waals surface area contributed by atoms with Crippen LogP contribution in [0.4, 0.5) is 10.6 Å². The molecule has 11 heteroatoms. The monoisotopic (exact) mass is 537 g/mol. The Kier molecular flexibility index (Phi) is 6.93. The quantitative estimate of drug-likeness (QED) is 0.391. The largest absolute Gasteiger partial charge is 0.495 e. The number of thiophene rings is 1. The Morgan fingerprint density at radius 1 is 1.16 bits per heavy atom. The lowest BCUT2D eigenvalue weighted by Crippen LogP contribution is -2.49. The molecular weight excluding hydrogens is 502 g/mol. The fraction of sp³-hybridized carbons (Fsp3) is 0.444. The molecule has 202 valence electrons. The van der Waals surface area contributed by atoms with Crippen molar-refractivity contribution in [1.82, 2.24) is 24.4 Å². The van der Waals surface area contributed by atoms with Gasteiger partial charge in [-0.1, -0.05) is 6.07 Å². The fourth-order valence-electron chi connectivity index (χ4n) is 5.03. The molecule has 4 heterocycles. The maximum Gasteiger partial charge on any atom is 0.410 e. The number of aryl methyl sites for hydroxylation is 1. The van der Waals surface area contributed by atoms with Gasteiger partial charge >= 0.3 is 6.09 Å². The second-order valence-corrected chi connectivity index (χ2v) is 11.7. The predicted octanol–water partition coefficient (Wildman–Crippen LogP) is 4.02. The summed E-state index contributed by atoms with van der Waals surface area (Å²) in [6.07, 6.45) is 1.21. The van der Waals surface area contributed by atoms with Crippen LogP contribution in [0.15, 0.2) is 24.5 Å². The van der Waals surface area contributed by atoms with E-state index in [0.717, 1.165) is 48.6 Å². The average Bonchev–Trinajstić information content (AvgIpc) is 3.42. The van der Waals surface area contributed by atoms with Crippen molar-refractivity contribution in [2.75, 3.05) is 39.0 Å². The number of benzene rings is 1. The molecule has 1 aliphatic heterocycles. The SMILES string of the molecule is COc1cc(C)cc2cc(-c3c(CN)c(CN4CCN(C(=O)OC(C)(C)C)CC4)n4ncnc(N)c34)sc12. The van der Waals surface area contributed by atoms with Gasteiger partial charge in [0.05, 0.1) is 17.5 Å². The summed E-state index contributed by atoms with van der Waals surface area (Å²) >= 11 is 1.65. The number of fused-ring (bicyclic) bond motifs is 2. The summed E-state index contributed by atoms with van der Waals surface area (Å²) in [5, 5.41) is 5.70. The van der Waals surface area contributed by atoms with Crippen molar-refractivity contribution in [2.24, 2.45) is 5.73 Å². The van der Waals surface area contributed by atoms with Crippen molar-refractivity contribution in [1.29, 1.82) is 0 Å². The molecule has 3 aromatic heterocycles. The fourth-order valence-corrected chi connectivity index (χ4v) is 6.24. The molecule has 4 aromatic rings. The number of hydrogen-bond donors (Lipinski definition) is 2. The van der Waals surface area contributed by atoms with Gasteiger partial charge in [0.15, 0.2) is 5.82 Å². The zero-order valence-corrected chi connectivity index (χ0v) is 23.4. The summed E-state index contributed by atoms with van der Waals surface area (Å²) in [5.41, 5.74) is 17.2. The van der Waals surface area contributed by atoms with E-state index in [-0.39, 0.29) is 6.09 Å². The Balaban J connectivity index is 1.51. The number of piperazine rings is 1. The van der Waals surface area contributed by atoms with Crippen molar-refractivity contribution in [2.45, 2.75) is 46.4 Å². The minimum atomic E-state index is -0.513. The summed E-state index contributed by atoms with van der Waals surface area (Å²) in [7, 11) is 1.69. The van der Waals surface area contributed by atoms with Crippen LogP contribution in [0.3, 0.4) is 0 Å². The van der Waals surface area contributed by atoms with Gasteiger partial charge in [-0.2, -0.15) is 5.10 Å². The number of carbonyl (C=O) groups excluding carboxylic acids is 1. The minimum Gasteiger partial charge on any atom is -0.495 e. The lowest BCUT2D eigenvalue weighted by molar-refractivity contribution is 0.0137. The van der Waals surface area contributed by atoms with Gasteiger partial charge in [0, 0.05) is 49.7 Å². The molecule has 10 nitrogen and oxygen atoms in total. The van der Waals surface area contributed by atoms with Crippen LogP contribution in [0.2, 0.25) is 0 Å². The standard InChI is InChI=1S/C27H35N7O3S/c1-16-10-17-12-21(38-24(17)20(11-16)36-5)22-18(13-28)19(34-23(22)25(29)30-15-31-34)14-32-6-8-33(9-7-32)26(35)37-27(2,3)4/h10-12,15H,6-9,13-14,28H2,1-5H3,(H2,29,30,31). The topological polar surface area (TPSA) is 124 Å². The molecule has 0 spiro atoms. The molecule has 0 radical (unpaired) electrons. The predicted molar refractivity (Wildman–Crippen MR) is 150 cm³/mol. The normalized spacial score (nSPS) is 14.9. The first-order valence-corrected chi connectivity index (χ1v) is 13.5. The van der Waals surface area contributed by atoms with Gasteiger partial charge in [-0.25, -0.2) is 14.3 Å². The van der Waals surface area contributed by atoms with Crippen molar-refractivity contribution >= 4 is 38.9 Å². The number of nitrogens with zero attached hydrogens (tertiary/aromatic N) is 5. The van der Waals surface area contributed by atoms with Crippen LogP contribution in [-0.2, 0) is 17.8 Å². The number of rotatable bonds is 5. The summed E-state index contributed by atoms with van der Waals surface area (Å²) in [4.78, 5) is 21.9. The molecule has 1 amide bonds. The van der Waals surface area contributed by atoms with Gasteiger partial charge in [0.25, 0.3) is 0 Å². The summed E-state index contributed by atoms with van der Waals surface area (Å²) in [6, 6.07) is 6.37. The molecule has 1 aromatic carbocycles. The number of ether oxygens (including phenoxy) is 2. The molecule has 0 bridgehead atoms. The lowest BCUT2D eigenvalue weighted by atomic mass is 10.1. The average molecular weight is 538 g/mol. The maximum absolute atomic E-state index is 12.5. The highest BCUT2D eigenvalue weighted by molar-refractivity contribution is 7.22. The third-order valence-electron chi connectivity index (χ3n) is 6.76. The van der Waals surface area contributed by atoms with Crippen molar-refractivity contribution in [3.8, 4) is 16.2 Å². The van der Waals surface area contributed by atoms with Crippen LogP contribution in [0, 0.1) is 6.92 Å². The van der Waals surface area contributed by atoms with Crippen LogP contribution >= 0.6 is 11.3 Å². The molecule has 38 heavy (non-hydrogen) atoms. The number of carbonyl (C=O) groups is 1. The first kappa shape index (κ1) is 26.2. The highest BCUT2D eigenvalue weighted by Gasteiger charge is 2.29. The third kappa shape index (κ3) is 4.89. The van der Waals surface area contributed by atoms with E-state index in [1.54, 1.807) is 23.3 Å². The van der Waals surface area contributed by atoms with Crippen LogP contribution in [-0.4, -0.2) is 69.4 Å². The second-order valence-electron chi connectivity index (χ2n) is 10.6. The van der Waals surface area contributed by atoms with Gasteiger partial charge in [0.2, 0.25) is 0 Å². The van der Waals surface area contributed by atoms with E-state index >= 15 is 0 Å². The first-order chi connectivity index (χ1) is 18.1. The van der Waals surface area contributed by atoms with Crippen LogP contribution in [0.1, 0.15) is 37.6 Å². The van der Waals surface area contributed by atoms with Gasteiger partial charge in [-0.3, -0.25) is 4.90 Å². The lowest BCUT2D eigenvalue weighted by Gasteiger charge is -2.35. The molecule has 5 rings (SSSR count). The molecule has 1 saturated heterocycles. The Labute approximate surface area is 226 Å². The van der Waals surface area contributed by atoms with Crippen molar-refractivity contribution in [3.05, 3.63) is 41.3 Å². The summed E-state index contributed by atoms with van der Waals surface area (Å²) < 4.78 is 14.2. The Hall–Kier alpha value is -3.41. The van der Waals surface area contributed by atoms with Crippen LogP contribution in [0.5, 0.6) is 5.75 Å². The molecule has 0 atom stereocenters. The van der Waals surface area contributed by atoms with E-state index in [4.69, 9.17) is 20.9 Å². The number of nitrogens with two attached hydrogens (primary N) is 2. The Bertz CT molecular complexity index is 1500. The second kappa shape index (κ2) is 10.0. The van der Waals surface area contributed by atoms with Gasteiger partial charge in [-0.15, -0.1) is 11.3 Å². The number of methoxy groups -OCH3 is 1. The van der Waals surface area contributed by atoms with E-state index in [2.05, 4.69) is 34.0 Å². The van der Waals surface area contributed by atoms with E-state index < -0.39 is 5.60 Å². The zero-order valence-electron chi connectivity index (χ0n) is 22.6. The van der Waals surface area contributed by atoms with Gasteiger partial charge in [-0.05, 0) is 56.3 Å². The van der Waals surface area contributed by atoms with Crippen molar-refractivity contribution in [3.63, 3.8) is 0 Å². The van der Waals surface area contributed by atoms with Gasteiger partial charge < -0.3 is 25.8 Å². The van der Waals surface area contributed by atoms with Crippen LogP contribution < -0.4 is 16.2 Å². The molecule has 0 aliphatic carbocycles. The van der Waals surface area contributed by atoms with Gasteiger partial charge in [0.1, 0.15) is 23.2 Å². The highest BCUT2D eigenvalue weighted by atomic mass is 32.1. The molecule has 0 saturated carbocycles. The maximum atomic E-state index is 12.5. The molecule has 0 unspecified atom stereocenters. The zero-order chi connectivity index (χ0) is 27.2. The Morgan fingerprint density at radius 3 is 2.55 bits per heavy atom. The molecule has 1 aliphatic rings. The molecule has 1 fully saturated rings. The van der Waals surface area contributed by atoms with Crippen molar-refractivity contribution < 1.29 is 14.3 Å². The number of amides is 1. The smallest absolute Gasteiger partial charge is 0.410 e. The molecule has 4 N–H and O–H groups in total. The highest BCUT2D eigenvalue weighted by Crippen LogP contribution is 2.44. The Morgan fingerprint density at radius 2 is 1.89 bits per heavy atom. The van der Waals surface area contributed by atoms with E-state index in [0.29, 0.717) is 45.1 Å². The van der Waals surface area contributed by atoms with E-state index in [9.17, 15) is 4.79 Å².